The Balaban J connectivity index is 1.58. The van der Waals surface area contributed by atoms with Crippen LogP contribution in [0.1, 0.15) is 23.7 Å². The summed E-state index contributed by atoms with van der Waals surface area (Å²) in [6.07, 6.45) is 3.86. The predicted molar refractivity (Wildman–Crippen MR) is 140 cm³/mol. The Bertz CT molecular complexity index is 1720. The second-order valence-electron chi connectivity index (χ2n) is 8.93. The molecule has 0 saturated carbocycles. The van der Waals surface area contributed by atoms with Crippen molar-refractivity contribution in [2.24, 2.45) is 0 Å². The number of ether oxygens (including phenoxy) is 2. The number of halogens is 1. The lowest BCUT2D eigenvalue weighted by molar-refractivity contribution is -0.577. The number of aromatic nitrogens is 3. The number of hydrogen-bond acceptors (Lipinski definition) is 5. The average molecular weight is 530 g/mol. The molecule has 0 atom stereocenters. The van der Waals surface area contributed by atoms with Gasteiger partial charge < -0.3 is 9.47 Å². The zero-order chi connectivity index (χ0) is 26.6. The number of hydrogen-bond donors (Lipinski definition) is 1. The molecule has 2 aromatic heterocycles. The van der Waals surface area contributed by atoms with E-state index in [-0.39, 0.29) is 23.6 Å². The quantitative estimate of drug-likeness (QED) is 0.314. The van der Waals surface area contributed by atoms with E-state index in [4.69, 9.17) is 21.1 Å². The molecule has 2 amide bonds. The van der Waals surface area contributed by atoms with Gasteiger partial charge in [0.25, 0.3) is 17.2 Å². The van der Waals surface area contributed by atoms with Crippen molar-refractivity contribution in [1.29, 1.82) is 0 Å². The first-order valence-electron chi connectivity index (χ1n) is 12.0. The van der Waals surface area contributed by atoms with Gasteiger partial charge in [0.05, 0.1) is 16.9 Å². The zero-order valence-corrected chi connectivity index (χ0v) is 21.3. The van der Waals surface area contributed by atoms with Gasteiger partial charge in [-0.1, -0.05) is 18.5 Å². The van der Waals surface area contributed by atoms with Crippen molar-refractivity contribution in [3.8, 4) is 17.2 Å². The van der Waals surface area contributed by atoms with E-state index in [0.29, 0.717) is 40.0 Å². The van der Waals surface area contributed by atoms with Crippen LogP contribution >= 0.6 is 11.6 Å². The Hall–Kier alpha value is -4.63. The molecule has 0 aliphatic carbocycles. The van der Waals surface area contributed by atoms with Gasteiger partial charge in [-0.3, -0.25) is 19.5 Å². The van der Waals surface area contributed by atoms with Crippen LogP contribution in [0.3, 0.4) is 0 Å². The minimum atomic E-state index is -0.605. The van der Waals surface area contributed by atoms with Gasteiger partial charge in [-0.2, -0.15) is 4.57 Å². The summed E-state index contributed by atoms with van der Waals surface area (Å²) in [6.45, 7) is 3.81. The number of rotatable bonds is 5. The number of fused-ring (bicyclic) bond motifs is 1. The lowest BCUT2D eigenvalue weighted by atomic mass is 10.0. The number of anilines is 1. The molecule has 1 N–H and O–H groups in total. The monoisotopic (exact) mass is 529 g/mol. The fourth-order valence-electron chi connectivity index (χ4n) is 4.74. The van der Waals surface area contributed by atoms with Crippen molar-refractivity contribution in [2.75, 3.05) is 11.7 Å². The van der Waals surface area contributed by atoms with Crippen LogP contribution in [0.15, 0.2) is 71.8 Å². The molecular formula is C28H22ClN4O5+. The number of amides is 2. The van der Waals surface area contributed by atoms with Gasteiger partial charge >= 0.3 is 5.91 Å². The first-order chi connectivity index (χ1) is 18.4. The van der Waals surface area contributed by atoms with Crippen LogP contribution in [0.5, 0.6) is 11.5 Å². The van der Waals surface area contributed by atoms with Crippen molar-refractivity contribution in [3.05, 3.63) is 99.2 Å². The van der Waals surface area contributed by atoms with Crippen molar-refractivity contribution in [3.63, 3.8) is 0 Å². The maximum atomic E-state index is 14.1. The summed E-state index contributed by atoms with van der Waals surface area (Å²) in [5, 5.41) is 3.65. The maximum Gasteiger partial charge on any atom is 0.331 e. The lowest BCUT2D eigenvalue weighted by Gasteiger charge is -2.14. The summed E-state index contributed by atoms with van der Waals surface area (Å²) in [4.78, 5) is 43.0. The highest BCUT2D eigenvalue weighted by Gasteiger charge is 2.48. The third-order valence-corrected chi connectivity index (χ3v) is 6.79. The molecule has 6 rings (SSSR count). The van der Waals surface area contributed by atoms with Gasteiger partial charge in [0.1, 0.15) is 5.57 Å². The molecule has 0 bridgehead atoms. The van der Waals surface area contributed by atoms with Crippen LogP contribution in [0.4, 0.5) is 5.69 Å². The van der Waals surface area contributed by atoms with E-state index in [2.05, 4.69) is 5.10 Å². The number of benzene rings is 2. The van der Waals surface area contributed by atoms with Crippen LogP contribution in [0.2, 0.25) is 5.02 Å². The molecule has 0 spiro atoms. The highest BCUT2D eigenvalue weighted by molar-refractivity contribution is 6.53. The molecule has 10 heteroatoms. The van der Waals surface area contributed by atoms with Gasteiger partial charge in [-0.15, -0.1) is 0 Å². The van der Waals surface area contributed by atoms with E-state index >= 15 is 0 Å². The van der Waals surface area contributed by atoms with Crippen molar-refractivity contribution < 1.29 is 23.6 Å². The van der Waals surface area contributed by atoms with Crippen LogP contribution in [-0.2, 0) is 16.0 Å². The summed E-state index contributed by atoms with van der Waals surface area (Å²) >= 11 is 6.04. The number of carbonyl (C=O) groups excluding carboxylic acids is 2. The highest BCUT2D eigenvalue weighted by Crippen LogP contribution is 2.39. The van der Waals surface area contributed by atoms with Crippen LogP contribution in [-0.4, -0.2) is 28.4 Å². The molecule has 4 heterocycles. The first-order valence-corrected chi connectivity index (χ1v) is 12.4. The molecule has 2 aliphatic heterocycles. The van der Waals surface area contributed by atoms with E-state index in [1.54, 1.807) is 65.5 Å². The molecule has 190 valence electrons. The highest BCUT2D eigenvalue weighted by atomic mass is 35.5. The molecule has 0 fully saturated rings. The SMILES string of the molecule is CCc1[nH]n(-c2ccc(Cl)cc2)c(=O)c1C1=C([n+]2cccc(C)c2)C(=O)N(c2ccc3c(c2)OCO3)C1=O. The number of aromatic amines is 1. The van der Waals surface area contributed by atoms with E-state index in [1.807, 2.05) is 19.9 Å². The summed E-state index contributed by atoms with van der Waals surface area (Å²) in [5.41, 5.74) is 2.08. The summed E-state index contributed by atoms with van der Waals surface area (Å²) in [6, 6.07) is 15.3. The molecule has 38 heavy (non-hydrogen) atoms. The zero-order valence-electron chi connectivity index (χ0n) is 20.5. The maximum absolute atomic E-state index is 14.1. The van der Waals surface area contributed by atoms with Gasteiger partial charge in [-0.25, -0.2) is 9.58 Å². The fourth-order valence-corrected chi connectivity index (χ4v) is 4.87. The van der Waals surface area contributed by atoms with Crippen molar-refractivity contribution in [1.82, 2.24) is 9.78 Å². The fraction of sp³-hybridized carbons (Fsp3) is 0.143. The molecule has 0 saturated heterocycles. The lowest BCUT2D eigenvalue weighted by Crippen LogP contribution is -2.39. The number of carbonyl (C=O) groups is 2. The molecule has 0 radical (unpaired) electrons. The summed E-state index contributed by atoms with van der Waals surface area (Å²) < 4.78 is 13.8. The van der Waals surface area contributed by atoms with E-state index in [0.717, 1.165) is 10.5 Å². The predicted octanol–water partition coefficient (Wildman–Crippen LogP) is 3.65. The first kappa shape index (κ1) is 23.7. The van der Waals surface area contributed by atoms with Crippen LogP contribution < -0.4 is 24.5 Å². The number of aryl methyl sites for hydroxylation is 2. The third-order valence-electron chi connectivity index (χ3n) is 6.53. The molecule has 4 aromatic rings. The minimum Gasteiger partial charge on any atom is -0.454 e. The van der Waals surface area contributed by atoms with Crippen LogP contribution in [0.25, 0.3) is 17.0 Å². The number of nitrogens with zero attached hydrogens (tertiary/aromatic N) is 3. The Morgan fingerprint density at radius 2 is 1.71 bits per heavy atom. The molecule has 0 unspecified atom stereocenters. The standard InChI is InChI=1S/C28H21ClN4O5/c1-3-20-23(27(35)33(30-20)18-8-6-17(29)7-9-18)24-25(31-12-4-5-16(2)14-31)28(36)32(26(24)34)19-10-11-21-22(13-19)38-15-37-21/h4-14H,3,15H2,1-2H3/p+1. The Kier molecular flexibility index (Phi) is 5.65. The van der Waals surface area contributed by atoms with E-state index in [1.165, 1.54) is 4.68 Å². The molecule has 2 aliphatic rings. The smallest absolute Gasteiger partial charge is 0.331 e. The number of imide groups is 1. The Morgan fingerprint density at radius 3 is 2.45 bits per heavy atom. The van der Waals surface area contributed by atoms with E-state index < -0.39 is 17.4 Å². The summed E-state index contributed by atoms with van der Waals surface area (Å²) in [7, 11) is 0. The van der Waals surface area contributed by atoms with Crippen molar-refractivity contribution >= 4 is 40.4 Å². The van der Waals surface area contributed by atoms with Crippen LogP contribution in [0, 0.1) is 6.92 Å². The average Bonchev–Trinajstić information content (AvgIpc) is 3.57. The van der Waals surface area contributed by atoms with Gasteiger partial charge in [-0.05, 0) is 55.8 Å². The second kappa shape index (κ2) is 9.04. The van der Waals surface area contributed by atoms with Gasteiger partial charge in [0.15, 0.2) is 23.9 Å². The van der Waals surface area contributed by atoms with Gasteiger partial charge in [0, 0.05) is 28.4 Å². The Morgan fingerprint density at radius 1 is 0.974 bits per heavy atom. The number of nitrogens with one attached hydrogen (secondary N) is 1. The van der Waals surface area contributed by atoms with E-state index in [9.17, 15) is 14.4 Å². The van der Waals surface area contributed by atoms with Crippen molar-refractivity contribution in [2.45, 2.75) is 20.3 Å². The summed E-state index contributed by atoms with van der Waals surface area (Å²) in [5.74, 6) is -0.201. The number of pyridine rings is 1. The molecular weight excluding hydrogens is 508 g/mol. The molecule has 9 nitrogen and oxygen atoms in total. The Labute approximate surface area is 222 Å². The largest absolute Gasteiger partial charge is 0.454 e. The normalized spacial score (nSPS) is 14.7. The second-order valence-corrected chi connectivity index (χ2v) is 9.37. The molecule has 2 aromatic carbocycles. The van der Waals surface area contributed by atoms with Gasteiger partial charge in [0.2, 0.25) is 6.79 Å². The topological polar surface area (TPSA) is 97.5 Å². The minimum absolute atomic E-state index is 0.0223. The number of H-pyrrole nitrogens is 1. The third kappa shape index (κ3) is 3.71.